The highest BCUT2D eigenvalue weighted by Gasteiger charge is 2.24. The maximum atomic E-state index is 12.7. The highest BCUT2D eigenvalue weighted by molar-refractivity contribution is 5.78. The van der Waals surface area contributed by atoms with Crippen LogP contribution in [0.3, 0.4) is 0 Å². The van der Waals surface area contributed by atoms with Crippen LogP contribution in [0.2, 0.25) is 0 Å². The molecule has 0 saturated carbocycles. The lowest BCUT2D eigenvalue weighted by atomic mass is 10.2. The Balaban J connectivity index is 1.19. The summed E-state index contributed by atoms with van der Waals surface area (Å²) in [6, 6.07) is 17.9. The molecule has 2 aliphatic heterocycles. The fourth-order valence-corrected chi connectivity index (χ4v) is 4.12. The van der Waals surface area contributed by atoms with Gasteiger partial charge in [-0.15, -0.1) is 0 Å². The van der Waals surface area contributed by atoms with Gasteiger partial charge in [-0.05, 0) is 29.8 Å². The minimum atomic E-state index is 0.242. The van der Waals surface area contributed by atoms with E-state index in [-0.39, 0.29) is 11.7 Å². The Morgan fingerprint density at radius 1 is 0.759 bits per heavy atom. The topological polar surface area (TPSA) is 50.3 Å². The fourth-order valence-electron chi connectivity index (χ4n) is 4.12. The molecular formula is C23H30N4O2. The van der Waals surface area contributed by atoms with Gasteiger partial charge in [0.1, 0.15) is 5.75 Å². The van der Waals surface area contributed by atoms with Gasteiger partial charge in [-0.2, -0.15) is 0 Å². The van der Waals surface area contributed by atoms with Crippen molar-refractivity contribution in [2.75, 3.05) is 63.8 Å². The number of amides is 1. The first kappa shape index (κ1) is 19.7. The van der Waals surface area contributed by atoms with Crippen LogP contribution in [0.1, 0.15) is 5.56 Å². The summed E-state index contributed by atoms with van der Waals surface area (Å²) < 4.78 is 0. The minimum Gasteiger partial charge on any atom is -0.508 e. The molecule has 0 aromatic heterocycles. The Morgan fingerprint density at radius 2 is 1.38 bits per heavy atom. The zero-order valence-electron chi connectivity index (χ0n) is 16.9. The lowest BCUT2D eigenvalue weighted by Gasteiger charge is -2.38. The van der Waals surface area contributed by atoms with Crippen LogP contribution in [0.5, 0.6) is 5.75 Å². The molecule has 0 aliphatic carbocycles. The van der Waals surface area contributed by atoms with E-state index >= 15 is 0 Å². The molecule has 2 aromatic carbocycles. The maximum absolute atomic E-state index is 12.7. The van der Waals surface area contributed by atoms with E-state index < -0.39 is 0 Å². The number of hydrogen-bond acceptors (Lipinski definition) is 5. The zero-order valence-corrected chi connectivity index (χ0v) is 16.9. The second kappa shape index (κ2) is 9.29. The second-order valence-corrected chi connectivity index (χ2v) is 7.92. The van der Waals surface area contributed by atoms with Crippen molar-refractivity contribution < 1.29 is 9.90 Å². The third kappa shape index (κ3) is 5.28. The molecule has 0 atom stereocenters. The molecular weight excluding hydrogens is 364 g/mol. The van der Waals surface area contributed by atoms with Gasteiger partial charge in [-0.3, -0.25) is 14.6 Å². The van der Waals surface area contributed by atoms with E-state index in [1.54, 1.807) is 12.1 Å². The standard InChI is InChI=1S/C23H30N4O2/c28-22-8-6-21(7-9-22)26-14-16-27(17-15-26)23(29)19-25-12-10-24(11-13-25)18-20-4-2-1-3-5-20/h1-9,28H,10-19H2. The van der Waals surface area contributed by atoms with E-state index in [9.17, 15) is 9.90 Å². The molecule has 2 fully saturated rings. The van der Waals surface area contributed by atoms with Gasteiger partial charge < -0.3 is 14.9 Å². The molecule has 0 bridgehead atoms. The van der Waals surface area contributed by atoms with Crippen LogP contribution >= 0.6 is 0 Å². The summed E-state index contributed by atoms with van der Waals surface area (Å²) in [5.41, 5.74) is 2.45. The first-order valence-corrected chi connectivity index (χ1v) is 10.5. The van der Waals surface area contributed by atoms with Crippen molar-refractivity contribution in [1.29, 1.82) is 0 Å². The normalized spacial score (nSPS) is 18.8. The van der Waals surface area contributed by atoms with Crippen LogP contribution in [-0.4, -0.2) is 84.6 Å². The largest absolute Gasteiger partial charge is 0.508 e. The van der Waals surface area contributed by atoms with Gasteiger partial charge in [0.15, 0.2) is 0 Å². The summed E-state index contributed by atoms with van der Waals surface area (Å²) in [6.07, 6.45) is 0. The summed E-state index contributed by atoms with van der Waals surface area (Å²) in [5.74, 6) is 0.526. The fraction of sp³-hybridized carbons (Fsp3) is 0.435. The monoisotopic (exact) mass is 394 g/mol. The maximum Gasteiger partial charge on any atom is 0.236 e. The Hall–Kier alpha value is -2.57. The van der Waals surface area contributed by atoms with E-state index in [1.165, 1.54) is 5.56 Å². The highest BCUT2D eigenvalue weighted by Crippen LogP contribution is 2.20. The number of benzene rings is 2. The van der Waals surface area contributed by atoms with Gasteiger partial charge in [0.2, 0.25) is 5.91 Å². The number of piperazine rings is 2. The molecule has 2 saturated heterocycles. The van der Waals surface area contributed by atoms with Crippen molar-refractivity contribution in [3.8, 4) is 5.75 Å². The van der Waals surface area contributed by atoms with Gasteiger partial charge in [0, 0.05) is 64.6 Å². The summed E-state index contributed by atoms with van der Waals surface area (Å²) >= 11 is 0. The van der Waals surface area contributed by atoms with Gasteiger partial charge in [0.05, 0.1) is 6.54 Å². The summed E-state index contributed by atoms with van der Waals surface area (Å²) in [4.78, 5) is 21.8. The molecule has 29 heavy (non-hydrogen) atoms. The quantitative estimate of drug-likeness (QED) is 0.839. The predicted octanol–water partition coefficient (Wildman–Crippen LogP) is 1.86. The molecule has 0 spiro atoms. The van der Waals surface area contributed by atoms with Crippen LogP contribution in [0.4, 0.5) is 5.69 Å². The molecule has 2 aliphatic rings. The molecule has 4 rings (SSSR count). The highest BCUT2D eigenvalue weighted by atomic mass is 16.3. The van der Waals surface area contributed by atoms with Gasteiger partial charge >= 0.3 is 0 Å². The van der Waals surface area contributed by atoms with Crippen LogP contribution in [0.15, 0.2) is 54.6 Å². The number of phenols is 1. The van der Waals surface area contributed by atoms with E-state index in [4.69, 9.17) is 0 Å². The SMILES string of the molecule is O=C(CN1CCN(Cc2ccccc2)CC1)N1CCN(c2ccc(O)cc2)CC1. The van der Waals surface area contributed by atoms with Crippen LogP contribution in [0, 0.1) is 0 Å². The van der Waals surface area contributed by atoms with E-state index in [1.807, 2.05) is 17.0 Å². The third-order valence-corrected chi connectivity index (χ3v) is 5.92. The third-order valence-electron chi connectivity index (χ3n) is 5.92. The number of hydrogen-bond donors (Lipinski definition) is 1. The Kier molecular flexibility index (Phi) is 6.32. The molecule has 1 amide bonds. The summed E-state index contributed by atoms with van der Waals surface area (Å²) in [7, 11) is 0. The van der Waals surface area contributed by atoms with Crippen LogP contribution < -0.4 is 4.90 Å². The van der Waals surface area contributed by atoms with Crippen LogP contribution in [-0.2, 0) is 11.3 Å². The lowest BCUT2D eigenvalue weighted by molar-refractivity contribution is -0.133. The molecule has 0 unspecified atom stereocenters. The Bertz CT molecular complexity index is 780. The molecule has 6 heteroatoms. The van der Waals surface area contributed by atoms with E-state index in [0.717, 1.165) is 64.6 Å². The lowest BCUT2D eigenvalue weighted by Crippen LogP contribution is -2.53. The van der Waals surface area contributed by atoms with Crippen molar-refractivity contribution in [2.45, 2.75) is 6.54 Å². The zero-order chi connectivity index (χ0) is 20.1. The number of nitrogens with zero attached hydrogens (tertiary/aromatic N) is 4. The number of carbonyl (C=O) groups is 1. The van der Waals surface area contributed by atoms with Gasteiger partial charge in [-0.25, -0.2) is 0 Å². The van der Waals surface area contributed by atoms with Crippen molar-refractivity contribution in [3.63, 3.8) is 0 Å². The molecule has 6 nitrogen and oxygen atoms in total. The number of anilines is 1. The van der Waals surface area contributed by atoms with E-state index in [2.05, 4.69) is 45.0 Å². The summed E-state index contributed by atoms with van der Waals surface area (Å²) in [6.45, 7) is 8.62. The van der Waals surface area contributed by atoms with Crippen molar-refractivity contribution in [2.24, 2.45) is 0 Å². The molecule has 0 radical (unpaired) electrons. The first-order chi connectivity index (χ1) is 14.2. The van der Waals surface area contributed by atoms with Gasteiger partial charge in [-0.1, -0.05) is 30.3 Å². The molecule has 2 aromatic rings. The summed E-state index contributed by atoms with van der Waals surface area (Å²) in [5, 5.41) is 9.44. The average molecular weight is 395 g/mol. The first-order valence-electron chi connectivity index (χ1n) is 10.5. The van der Waals surface area contributed by atoms with Gasteiger partial charge in [0.25, 0.3) is 0 Å². The minimum absolute atomic E-state index is 0.242. The number of carbonyl (C=O) groups excluding carboxylic acids is 1. The molecule has 154 valence electrons. The van der Waals surface area contributed by atoms with Crippen LogP contribution in [0.25, 0.3) is 0 Å². The predicted molar refractivity (Wildman–Crippen MR) is 115 cm³/mol. The average Bonchev–Trinajstić information content (AvgIpc) is 2.76. The molecule has 2 heterocycles. The van der Waals surface area contributed by atoms with E-state index in [0.29, 0.717) is 6.54 Å². The van der Waals surface area contributed by atoms with Crippen molar-refractivity contribution in [1.82, 2.24) is 14.7 Å². The number of phenolic OH excluding ortho intramolecular Hbond substituents is 1. The Labute approximate surface area is 172 Å². The van der Waals surface area contributed by atoms with Crippen molar-refractivity contribution in [3.05, 3.63) is 60.2 Å². The van der Waals surface area contributed by atoms with Crippen molar-refractivity contribution >= 4 is 11.6 Å². The second-order valence-electron chi connectivity index (χ2n) is 7.92. The number of aromatic hydroxyl groups is 1. The number of rotatable bonds is 5. The Morgan fingerprint density at radius 3 is 2.03 bits per heavy atom. The smallest absolute Gasteiger partial charge is 0.236 e. The molecule has 1 N–H and O–H groups in total.